The van der Waals surface area contributed by atoms with Crippen molar-refractivity contribution in [3.8, 4) is 11.1 Å². The number of carbonyl (C=O) groups excluding carboxylic acids is 2. The van der Waals surface area contributed by atoms with Gasteiger partial charge < -0.3 is 15.0 Å². The number of fused-ring (bicyclic) bond motifs is 2. The number of aromatic nitrogens is 1. The van der Waals surface area contributed by atoms with Crippen molar-refractivity contribution in [2.75, 3.05) is 24.6 Å². The number of anilines is 1. The molecular weight excluding hydrogens is 496 g/mol. The Labute approximate surface area is 218 Å². The summed E-state index contributed by atoms with van der Waals surface area (Å²) in [5.41, 5.74) is 6.06. The first-order chi connectivity index (χ1) is 17.5. The smallest absolute Gasteiger partial charge is 0.417 e. The molecule has 3 aromatic rings. The predicted molar refractivity (Wildman–Crippen MR) is 141 cm³/mol. The first-order valence-corrected chi connectivity index (χ1v) is 13.9. The normalized spacial score (nSPS) is 22.9. The van der Waals surface area contributed by atoms with Crippen LogP contribution in [-0.2, 0) is 22.5 Å². The number of thiophene rings is 1. The molecular formula is C27H27ClN4O3S. The minimum Gasteiger partial charge on any atom is -0.439 e. The third kappa shape index (κ3) is 3.61. The van der Waals surface area contributed by atoms with Gasteiger partial charge in [0.1, 0.15) is 0 Å². The zero-order chi connectivity index (χ0) is 24.4. The standard InChI is InChI=1S/C27H27ClN4O3S/c28-17-9-16-3-1-8-31(18-12-27(30-13-18)5-2-6-27)24(16)21(10-17)20-4-7-29-22-11-19(36-25(20)22)14-32-23(33)15-35-26(32)34/h4,7,9-11,18,30H,1-3,5-6,8,12-15H2. The van der Waals surface area contributed by atoms with Gasteiger partial charge in [-0.3, -0.25) is 9.78 Å². The minimum absolute atomic E-state index is 0.185. The van der Waals surface area contributed by atoms with Crippen molar-refractivity contribution in [2.24, 2.45) is 0 Å². The van der Waals surface area contributed by atoms with Crippen molar-refractivity contribution in [3.05, 3.63) is 45.9 Å². The Morgan fingerprint density at radius 3 is 2.83 bits per heavy atom. The van der Waals surface area contributed by atoms with Gasteiger partial charge in [-0.15, -0.1) is 11.3 Å². The molecule has 0 bridgehead atoms. The quantitative estimate of drug-likeness (QED) is 0.512. The average molecular weight is 523 g/mol. The van der Waals surface area contributed by atoms with E-state index in [0.29, 0.717) is 11.6 Å². The minimum atomic E-state index is -0.584. The van der Waals surface area contributed by atoms with Crippen molar-refractivity contribution in [2.45, 2.75) is 56.7 Å². The Balaban J connectivity index is 1.30. The van der Waals surface area contributed by atoms with Gasteiger partial charge >= 0.3 is 6.09 Å². The molecule has 1 aliphatic carbocycles. The second kappa shape index (κ2) is 8.43. The summed E-state index contributed by atoms with van der Waals surface area (Å²) in [6, 6.07) is 8.75. The first kappa shape index (κ1) is 22.5. The van der Waals surface area contributed by atoms with E-state index in [2.05, 4.69) is 33.4 Å². The maximum atomic E-state index is 12.1. The molecule has 1 unspecified atom stereocenters. The number of halogens is 1. The number of hydrogen-bond acceptors (Lipinski definition) is 7. The van der Waals surface area contributed by atoms with Crippen molar-refractivity contribution < 1.29 is 14.3 Å². The van der Waals surface area contributed by atoms with Crippen LogP contribution in [0.25, 0.3) is 21.3 Å². The highest BCUT2D eigenvalue weighted by Gasteiger charge is 2.45. The topological polar surface area (TPSA) is 74.8 Å². The third-order valence-electron chi connectivity index (χ3n) is 8.28. The van der Waals surface area contributed by atoms with Crippen LogP contribution in [0.15, 0.2) is 30.5 Å². The summed E-state index contributed by atoms with van der Waals surface area (Å²) >= 11 is 8.25. The van der Waals surface area contributed by atoms with E-state index >= 15 is 0 Å². The number of cyclic esters (lactones) is 1. The van der Waals surface area contributed by atoms with Crippen LogP contribution in [0.5, 0.6) is 0 Å². The lowest BCUT2D eigenvalue weighted by atomic mass is 9.75. The van der Waals surface area contributed by atoms with E-state index in [1.165, 1.54) is 36.9 Å². The maximum absolute atomic E-state index is 12.1. The van der Waals surface area contributed by atoms with Gasteiger partial charge in [0.25, 0.3) is 5.91 Å². The number of nitrogens with one attached hydrogen (secondary N) is 1. The third-order valence-corrected chi connectivity index (χ3v) is 9.64. The fourth-order valence-corrected chi connectivity index (χ4v) is 7.78. The van der Waals surface area contributed by atoms with E-state index in [-0.39, 0.29) is 19.1 Å². The predicted octanol–water partition coefficient (Wildman–Crippen LogP) is 5.13. The van der Waals surface area contributed by atoms with Gasteiger partial charge in [-0.2, -0.15) is 0 Å². The SMILES string of the molecule is O=C1COC(=O)N1Cc1cc2nccc(-c3cc(Cl)cc4c3N(C3CNC5(CCC5)C3)CCC4)c2s1. The number of rotatable bonds is 4. The van der Waals surface area contributed by atoms with Crippen molar-refractivity contribution >= 4 is 50.8 Å². The summed E-state index contributed by atoms with van der Waals surface area (Å²) in [5.74, 6) is -0.306. The van der Waals surface area contributed by atoms with Crippen molar-refractivity contribution in [1.82, 2.24) is 15.2 Å². The fraction of sp³-hybridized carbons (Fsp3) is 0.444. The van der Waals surface area contributed by atoms with E-state index in [1.54, 1.807) is 11.3 Å². The van der Waals surface area contributed by atoms with Gasteiger partial charge in [0.2, 0.25) is 0 Å². The number of imide groups is 1. The lowest BCUT2D eigenvalue weighted by Crippen LogP contribution is -2.46. The number of carbonyl (C=O) groups is 2. The summed E-state index contributed by atoms with van der Waals surface area (Å²) in [6.07, 6.45) is 8.50. The highest BCUT2D eigenvalue weighted by atomic mass is 35.5. The molecule has 186 valence electrons. The first-order valence-electron chi connectivity index (χ1n) is 12.7. The second-order valence-corrected chi connectivity index (χ2v) is 12.0. The van der Waals surface area contributed by atoms with Gasteiger partial charge in [0.15, 0.2) is 6.61 Å². The average Bonchev–Trinajstić information content (AvgIpc) is 3.56. The van der Waals surface area contributed by atoms with Crippen LogP contribution < -0.4 is 10.2 Å². The lowest BCUT2D eigenvalue weighted by Gasteiger charge is -2.41. The van der Waals surface area contributed by atoms with Crippen LogP contribution >= 0.6 is 22.9 Å². The van der Waals surface area contributed by atoms with Crippen LogP contribution in [0, 0.1) is 0 Å². The van der Waals surface area contributed by atoms with Crippen LogP contribution in [0.4, 0.5) is 10.5 Å². The van der Waals surface area contributed by atoms with Crippen molar-refractivity contribution in [1.29, 1.82) is 0 Å². The molecule has 1 N–H and O–H groups in total. The zero-order valence-corrected chi connectivity index (χ0v) is 21.5. The number of amides is 2. The molecule has 5 heterocycles. The molecule has 1 spiro atoms. The molecule has 1 atom stereocenters. The molecule has 1 saturated carbocycles. The molecule has 7 rings (SSSR count). The summed E-state index contributed by atoms with van der Waals surface area (Å²) in [4.78, 5) is 33.3. The van der Waals surface area contributed by atoms with Crippen LogP contribution in [0.1, 0.15) is 42.5 Å². The van der Waals surface area contributed by atoms with E-state index in [0.717, 1.165) is 62.1 Å². The summed E-state index contributed by atoms with van der Waals surface area (Å²) < 4.78 is 5.93. The summed E-state index contributed by atoms with van der Waals surface area (Å²) in [5, 5.41) is 4.60. The Bertz CT molecular complexity index is 1390. The molecule has 0 radical (unpaired) electrons. The molecule has 3 fully saturated rings. The molecule has 9 heteroatoms. The maximum Gasteiger partial charge on any atom is 0.417 e. The Hall–Kier alpha value is -2.68. The van der Waals surface area contributed by atoms with E-state index in [9.17, 15) is 9.59 Å². The van der Waals surface area contributed by atoms with Crippen LogP contribution in [0.2, 0.25) is 5.02 Å². The molecule has 3 aliphatic heterocycles. The monoisotopic (exact) mass is 522 g/mol. The van der Waals surface area contributed by atoms with E-state index in [4.69, 9.17) is 16.3 Å². The van der Waals surface area contributed by atoms with Gasteiger partial charge in [0, 0.05) is 57.6 Å². The lowest BCUT2D eigenvalue weighted by molar-refractivity contribution is -0.126. The second-order valence-electron chi connectivity index (χ2n) is 10.5. The molecule has 2 aromatic heterocycles. The largest absolute Gasteiger partial charge is 0.439 e. The van der Waals surface area contributed by atoms with E-state index in [1.807, 2.05) is 12.3 Å². The highest BCUT2D eigenvalue weighted by molar-refractivity contribution is 7.19. The van der Waals surface area contributed by atoms with Gasteiger partial charge in [-0.05, 0) is 68.4 Å². The molecule has 36 heavy (non-hydrogen) atoms. The van der Waals surface area contributed by atoms with Gasteiger partial charge in [0.05, 0.1) is 16.8 Å². The molecule has 4 aliphatic rings. The van der Waals surface area contributed by atoms with Crippen LogP contribution in [-0.4, -0.2) is 53.2 Å². The van der Waals surface area contributed by atoms with Gasteiger partial charge in [-0.25, -0.2) is 9.69 Å². The number of hydrogen-bond donors (Lipinski definition) is 1. The number of pyridine rings is 1. The highest BCUT2D eigenvalue weighted by Crippen LogP contribution is 2.47. The van der Waals surface area contributed by atoms with Crippen LogP contribution in [0.3, 0.4) is 0 Å². The Kier molecular flexibility index (Phi) is 5.27. The number of aryl methyl sites for hydroxylation is 1. The number of ether oxygens (including phenoxy) is 1. The zero-order valence-electron chi connectivity index (χ0n) is 19.9. The van der Waals surface area contributed by atoms with Gasteiger partial charge in [-0.1, -0.05) is 11.6 Å². The number of benzene rings is 1. The summed E-state index contributed by atoms with van der Waals surface area (Å²) in [6.45, 7) is 2.09. The fourth-order valence-electron chi connectivity index (χ4n) is 6.41. The van der Waals surface area contributed by atoms with E-state index < -0.39 is 6.09 Å². The molecule has 1 aromatic carbocycles. The number of nitrogens with zero attached hydrogens (tertiary/aromatic N) is 3. The molecule has 2 saturated heterocycles. The summed E-state index contributed by atoms with van der Waals surface area (Å²) in [7, 11) is 0. The molecule has 2 amide bonds. The Morgan fingerprint density at radius 1 is 1.19 bits per heavy atom. The van der Waals surface area contributed by atoms with Crippen molar-refractivity contribution in [3.63, 3.8) is 0 Å². The Morgan fingerprint density at radius 2 is 2.08 bits per heavy atom. The molecule has 7 nitrogen and oxygen atoms in total.